The molecule has 0 heterocycles. The highest BCUT2D eigenvalue weighted by Gasteiger charge is 2.23. The smallest absolute Gasteiger partial charge is 0.316 e. The van der Waals surface area contributed by atoms with E-state index in [-0.39, 0.29) is 12.6 Å². The van der Waals surface area contributed by atoms with Crippen LogP contribution in [-0.4, -0.2) is 26.8 Å². The highest BCUT2D eigenvalue weighted by Crippen LogP contribution is 2.28. The fourth-order valence-electron chi connectivity index (χ4n) is 2.24. The molecule has 0 radical (unpaired) electrons. The summed E-state index contributed by atoms with van der Waals surface area (Å²) in [5, 5.41) is 0. The number of hydrogen-bond acceptors (Lipinski definition) is 4. The van der Waals surface area contributed by atoms with Gasteiger partial charge in [0.1, 0.15) is 12.5 Å². The van der Waals surface area contributed by atoms with Gasteiger partial charge in [-0.15, -0.1) is 0 Å². The van der Waals surface area contributed by atoms with Crippen molar-refractivity contribution in [3.63, 3.8) is 0 Å². The van der Waals surface area contributed by atoms with E-state index in [9.17, 15) is 4.79 Å². The summed E-state index contributed by atoms with van der Waals surface area (Å²) in [7, 11) is 2.97. The van der Waals surface area contributed by atoms with Crippen LogP contribution >= 0.6 is 0 Å². The maximum atomic E-state index is 12.1. The molecular weight excluding hydrogens is 280 g/mol. The van der Waals surface area contributed by atoms with Crippen molar-refractivity contribution in [3.8, 4) is 11.5 Å². The molecule has 0 bridgehead atoms. The van der Waals surface area contributed by atoms with E-state index in [4.69, 9.17) is 14.2 Å². The number of hydrogen-bond donors (Lipinski definition) is 0. The molecule has 2 aromatic carbocycles. The van der Waals surface area contributed by atoms with Gasteiger partial charge in [0, 0.05) is 0 Å². The minimum atomic E-state index is -0.477. The molecular formula is C18H20O4. The predicted octanol–water partition coefficient (Wildman–Crippen LogP) is 3.34. The van der Waals surface area contributed by atoms with Crippen molar-refractivity contribution in [3.05, 3.63) is 59.7 Å². The predicted molar refractivity (Wildman–Crippen MR) is 84.4 cm³/mol. The third-order valence-electron chi connectivity index (χ3n) is 3.40. The Hall–Kier alpha value is -2.49. The third kappa shape index (κ3) is 3.79. The van der Waals surface area contributed by atoms with E-state index in [0.29, 0.717) is 11.5 Å². The van der Waals surface area contributed by atoms with E-state index in [1.54, 1.807) is 7.11 Å². The molecule has 0 amide bonds. The number of rotatable bonds is 6. The van der Waals surface area contributed by atoms with Gasteiger partial charge in [-0.2, -0.15) is 0 Å². The molecule has 0 aliphatic rings. The number of methoxy groups -OCH3 is 2. The molecule has 116 valence electrons. The van der Waals surface area contributed by atoms with Crippen molar-refractivity contribution in [1.82, 2.24) is 0 Å². The first-order valence-corrected chi connectivity index (χ1v) is 7.06. The number of ether oxygens (including phenoxy) is 3. The summed E-state index contributed by atoms with van der Waals surface area (Å²) in [5.74, 6) is 0.442. The second-order valence-corrected chi connectivity index (χ2v) is 4.95. The van der Waals surface area contributed by atoms with Gasteiger partial charge in [-0.1, -0.05) is 42.0 Å². The fourth-order valence-corrected chi connectivity index (χ4v) is 2.24. The summed E-state index contributed by atoms with van der Waals surface area (Å²) < 4.78 is 15.9. The van der Waals surface area contributed by atoms with Crippen LogP contribution < -0.4 is 9.47 Å². The second kappa shape index (κ2) is 7.50. The van der Waals surface area contributed by atoms with Crippen molar-refractivity contribution < 1.29 is 19.0 Å². The Labute approximate surface area is 130 Å². The average Bonchev–Trinajstić information content (AvgIpc) is 2.55. The third-order valence-corrected chi connectivity index (χ3v) is 3.40. The zero-order valence-electron chi connectivity index (χ0n) is 13.0. The van der Waals surface area contributed by atoms with Gasteiger partial charge >= 0.3 is 5.97 Å². The lowest BCUT2D eigenvalue weighted by Gasteiger charge is -2.17. The standard InChI is InChI=1S/C18H20O4/c1-13-7-6-8-14(11-13)15(18(19)21-3)12-22-17-10-5-4-9-16(17)20-2/h4-11,15H,12H2,1-3H3. The number of benzene rings is 2. The number of aryl methyl sites for hydroxylation is 1. The van der Waals surface area contributed by atoms with Crippen molar-refractivity contribution in [2.24, 2.45) is 0 Å². The van der Waals surface area contributed by atoms with E-state index >= 15 is 0 Å². The monoisotopic (exact) mass is 300 g/mol. The Morgan fingerprint density at radius 2 is 1.77 bits per heavy atom. The van der Waals surface area contributed by atoms with Crippen molar-refractivity contribution in [2.45, 2.75) is 12.8 Å². The summed E-state index contributed by atoms with van der Waals surface area (Å²) in [4.78, 5) is 12.1. The maximum absolute atomic E-state index is 12.1. The normalized spacial score (nSPS) is 11.6. The van der Waals surface area contributed by atoms with Crippen LogP contribution in [-0.2, 0) is 9.53 Å². The van der Waals surface area contributed by atoms with Crippen LogP contribution in [0, 0.1) is 6.92 Å². The Morgan fingerprint density at radius 3 is 2.41 bits per heavy atom. The van der Waals surface area contributed by atoms with E-state index in [0.717, 1.165) is 11.1 Å². The summed E-state index contributed by atoms with van der Waals surface area (Å²) in [6.07, 6.45) is 0. The molecule has 0 aliphatic heterocycles. The molecule has 0 saturated heterocycles. The highest BCUT2D eigenvalue weighted by atomic mass is 16.5. The van der Waals surface area contributed by atoms with Crippen molar-refractivity contribution in [2.75, 3.05) is 20.8 Å². The van der Waals surface area contributed by atoms with Gasteiger partial charge in [-0.3, -0.25) is 4.79 Å². The lowest BCUT2D eigenvalue weighted by Crippen LogP contribution is -2.21. The van der Waals surface area contributed by atoms with Crippen LogP contribution in [0.2, 0.25) is 0 Å². The largest absolute Gasteiger partial charge is 0.493 e. The minimum Gasteiger partial charge on any atom is -0.493 e. The Balaban J connectivity index is 2.19. The van der Waals surface area contributed by atoms with E-state index in [1.165, 1.54) is 7.11 Å². The number of para-hydroxylation sites is 2. The average molecular weight is 300 g/mol. The van der Waals surface area contributed by atoms with Crippen LogP contribution in [0.1, 0.15) is 17.0 Å². The Bertz CT molecular complexity index is 636. The Morgan fingerprint density at radius 1 is 1.05 bits per heavy atom. The van der Waals surface area contributed by atoms with Crippen LogP contribution in [0.5, 0.6) is 11.5 Å². The minimum absolute atomic E-state index is 0.191. The number of carbonyl (C=O) groups is 1. The molecule has 4 heteroatoms. The summed E-state index contributed by atoms with van der Waals surface area (Å²) in [5.41, 5.74) is 1.96. The zero-order valence-corrected chi connectivity index (χ0v) is 13.0. The molecule has 0 aromatic heterocycles. The number of esters is 1. The van der Waals surface area contributed by atoms with E-state index in [2.05, 4.69) is 0 Å². The molecule has 2 aromatic rings. The fraction of sp³-hybridized carbons (Fsp3) is 0.278. The summed E-state index contributed by atoms with van der Waals surface area (Å²) >= 11 is 0. The lowest BCUT2D eigenvalue weighted by molar-refractivity contribution is -0.143. The first-order chi connectivity index (χ1) is 10.7. The molecule has 22 heavy (non-hydrogen) atoms. The number of carbonyl (C=O) groups excluding carboxylic acids is 1. The van der Waals surface area contributed by atoms with Gasteiger partial charge < -0.3 is 14.2 Å². The molecule has 4 nitrogen and oxygen atoms in total. The quantitative estimate of drug-likeness (QED) is 0.768. The van der Waals surface area contributed by atoms with Crippen LogP contribution in [0.3, 0.4) is 0 Å². The zero-order chi connectivity index (χ0) is 15.9. The lowest BCUT2D eigenvalue weighted by atomic mass is 9.98. The van der Waals surface area contributed by atoms with Gasteiger partial charge in [0.25, 0.3) is 0 Å². The molecule has 0 fully saturated rings. The SMILES string of the molecule is COC(=O)C(COc1ccccc1OC)c1cccc(C)c1. The van der Waals surface area contributed by atoms with Crippen molar-refractivity contribution in [1.29, 1.82) is 0 Å². The first kappa shape index (κ1) is 15.9. The van der Waals surface area contributed by atoms with E-state index in [1.807, 2.05) is 55.5 Å². The summed E-state index contributed by atoms with van der Waals surface area (Å²) in [6.45, 7) is 2.18. The molecule has 0 aliphatic carbocycles. The van der Waals surface area contributed by atoms with Crippen LogP contribution in [0.25, 0.3) is 0 Å². The summed E-state index contributed by atoms with van der Waals surface area (Å²) in [6, 6.07) is 15.1. The highest BCUT2D eigenvalue weighted by molar-refractivity contribution is 5.78. The van der Waals surface area contributed by atoms with Crippen LogP contribution in [0.4, 0.5) is 0 Å². The molecule has 2 rings (SSSR count). The van der Waals surface area contributed by atoms with Gasteiger partial charge in [-0.25, -0.2) is 0 Å². The maximum Gasteiger partial charge on any atom is 0.316 e. The molecule has 0 saturated carbocycles. The topological polar surface area (TPSA) is 44.8 Å². The van der Waals surface area contributed by atoms with Gasteiger partial charge in [0.15, 0.2) is 11.5 Å². The second-order valence-electron chi connectivity index (χ2n) is 4.95. The van der Waals surface area contributed by atoms with E-state index < -0.39 is 5.92 Å². The molecule has 0 N–H and O–H groups in total. The van der Waals surface area contributed by atoms with Gasteiger partial charge in [0.05, 0.1) is 14.2 Å². The Kier molecular flexibility index (Phi) is 5.42. The van der Waals surface area contributed by atoms with Gasteiger partial charge in [-0.05, 0) is 24.6 Å². The van der Waals surface area contributed by atoms with Gasteiger partial charge in [0.2, 0.25) is 0 Å². The first-order valence-electron chi connectivity index (χ1n) is 7.06. The van der Waals surface area contributed by atoms with Crippen molar-refractivity contribution >= 4 is 5.97 Å². The van der Waals surface area contributed by atoms with Crippen LogP contribution in [0.15, 0.2) is 48.5 Å². The molecule has 0 spiro atoms. The molecule has 1 unspecified atom stereocenters. The molecule has 1 atom stereocenters.